The molecule has 0 saturated carbocycles. The molecule has 4 heterocycles. The van der Waals surface area contributed by atoms with Crippen LogP contribution in [0.3, 0.4) is 0 Å². The van der Waals surface area contributed by atoms with E-state index in [1.165, 1.54) is 0 Å². The lowest BCUT2D eigenvalue weighted by atomic mass is 10.0. The van der Waals surface area contributed by atoms with Crippen LogP contribution < -0.4 is 26.7 Å². The molecule has 3 aromatic heterocycles. The van der Waals surface area contributed by atoms with Crippen molar-refractivity contribution in [3.8, 4) is 28.8 Å². The highest BCUT2D eigenvalue weighted by atomic mass is 16.5. The summed E-state index contributed by atoms with van der Waals surface area (Å²) in [6, 6.07) is 20.3. The summed E-state index contributed by atoms with van der Waals surface area (Å²) >= 11 is 0. The third-order valence-corrected chi connectivity index (χ3v) is 7.45. The van der Waals surface area contributed by atoms with E-state index in [9.17, 15) is 10.1 Å². The fourth-order valence-corrected chi connectivity index (χ4v) is 5.57. The molecule has 0 aliphatic carbocycles. The van der Waals surface area contributed by atoms with Crippen molar-refractivity contribution in [1.82, 2.24) is 24.5 Å². The van der Waals surface area contributed by atoms with Crippen molar-refractivity contribution >= 4 is 28.5 Å². The van der Waals surface area contributed by atoms with E-state index in [1.807, 2.05) is 66.4 Å². The Morgan fingerprint density at radius 3 is 2.51 bits per heavy atom. The first kappa shape index (κ1) is 25.8. The van der Waals surface area contributed by atoms with Crippen molar-refractivity contribution < 1.29 is 4.74 Å². The highest BCUT2D eigenvalue weighted by Gasteiger charge is 2.38. The van der Waals surface area contributed by atoms with Crippen LogP contribution in [0, 0.1) is 11.3 Å². The molecule has 5 aromatic rings. The van der Waals surface area contributed by atoms with Crippen LogP contribution in [0.4, 0.5) is 17.6 Å². The average Bonchev–Trinajstić information content (AvgIpc) is 3.37. The van der Waals surface area contributed by atoms with Crippen LogP contribution in [0.5, 0.6) is 5.88 Å². The van der Waals surface area contributed by atoms with Gasteiger partial charge in [0.15, 0.2) is 5.82 Å². The van der Waals surface area contributed by atoms with Gasteiger partial charge in [-0.2, -0.15) is 15.2 Å². The van der Waals surface area contributed by atoms with Crippen molar-refractivity contribution in [2.45, 2.75) is 31.8 Å². The molecule has 0 amide bonds. The maximum Gasteiger partial charge on any atom is 0.266 e. The number of para-hydroxylation sites is 1. The number of rotatable bonds is 5. The van der Waals surface area contributed by atoms with Crippen molar-refractivity contribution in [2.75, 3.05) is 23.5 Å². The van der Waals surface area contributed by atoms with Gasteiger partial charge in [0, 0.05) is 23.9 Å². The molecule has 204 valence electrons. The SMILES string of the molecule is COc1ccc(-c2cccc3nc([C@@H]4CC[C@H](C)N4c4nc(N)nc(N)c4C#N)n(-c4ccccc4)c(=O)c23)cn1. The molecule has 41 heavy (non-hydrogen) atoms. The number of ether oxygens (including phenoxy) is 1. The highest BCUT2D eigenvalue weighted by molar-refractivity contribution is 5.94. The number of fused-ring (bicyclic) bond motifs is 1. The predicted octanol–water partition coefficient (Wildman–Crippen LogP) is 4.01. The summed E-state index contributed by atoms with van der Waals surface area (Å²) in [6.07, 6.45) is 3.13. The molecule has 1 aliphatic heterocycles. The van der Waals surface area contributed by atoms with E-state index in [0.29, 0.717) is 46.1 Å². The van der Waals surface area contributed by atoms with E-state index >= 15 is 0 Å². The van der Waals surface area contributed by atoms with Crippen LogP contribution in [0.15, 0.2) is 71.7 Å². The van der Waals surface area contributed by atoms with Gasteiger partial charge >= 0.3 is 0 Å². The van der Waals surface area contributed by atoms with Crippen molar-refractivity contribution in [3.05, 3.63) is 88.6 Å². The lowest BCUT2D eigenvalue weighted by molar-refractivity contribution is 0.398. The number of hydrogen-bond donors (Lipinski definition) is 2. The second-order valence-corrected chi connectivity index (χ2v) is 9.86. The average molecular weight is 546 g/mol. The van der Waals surface area contributed by atoms with Gasteiger partial charge in [-0.15, -0.1) is 0 Å². The van der Waals surface area contributed by atoms with E-state index in [4.69, 9.17) is 21.2 Å². The quantitative estimate of drug-likeness (QED) is 0.330. The van der Waals surface area contributed by atoms with E-state index in [-0.39, 0.29) is 28.9 Å². The number of methoxy groups -OCH3 is 1. The zero-order valence-electron chi connectivity index (χ0n) is 22.5. The lowest BCUT2D eigenvalue weighted by Gasteiger charge is -2.31. The van der Waals surface area contributed by atoms with Crippen LogP contribution in [0.25, 0.3) is 27.7 Å². The van der Waals surface area contributed by atoms with Crippen LogP contribution >= 0.6 is 0 Å². The minimum Gasteiger partial charge on any atom is -0.481 e. The molecule has 0 bridgehead atoms. The molecule has 1 fully saturated rings. The minimum absolute atomic E-state index is 0.0116. The van der Waals surface area contributed by atoms with E-state index in [2.05, 4.69) is 21.0 Å². The first-order valence-electron chi connectivity index (χ1n) is 13.1. The number of hydrogen-bond acceptors (Lipinski definition) is 10. The van der Waals surface area contributed by atoms with Gasteiger partial charge in [0.1, 0.15) is 23.3 Å². The van der Waals surface area contributed by atoms with Crippen LogP contribution in [0.1, 0.15) is 37.2 Å². The van der Waals surface area contributed by atoms with Gasteiger partial charge in [-0.1, -0.05) is 30.3 Å². The van der Waals surface area contributed by atoms with Gasteiger partial charge in [0.2, 0.25) is 11.8 Å². The molecule has 11 heteroatoms. The summed E-state index contributed by atoms with van der Waals surface area (Å²) in [5.74, 6) is 1.33. The number of aromatic nitrogens is 5. The Morgan fingerprint density at radius 2 is 1.80 bits per heavy atom. The van der Waals surface area contributed by atoms with Gasteiger partial charge < -0.3 is 21.1 Å². The molecule has 1 aliphatic rings. The molecular weight excluding hydrogens is 518 g/mol. The third kappa shape index (κ3) is 4.35. The molecule has 0 spiro atoms. The second kappa shape index (κ2) is 10.2. The number of benzene rings is 2. The number of anilines is 3. The summed E-state index contributed by atoms with van der Waals surface area (Å²) in [5.41, 5.74) is 14.7. The fraction of sp³-hybridized carbons (Fsp3) is 0.200. The monoisotopic (exact) mass is 545 g/mol. The summed E-state index contributed by atoms with van der Waals surface area (Å²) in [5, 5.41) is 10.4. The topological polar surface area (TPSA) is 162 Å². The molecular formula is C30H27N9O2. The van der Waals surface area contributed by atoms with Gasteiger partial charge in [0.25, 0.3) is 5.56 Å². The maximum atomic E-state index is 14.5. The first-order chi connectivity index (χ1) is 19.9. The normalized spacial score (nSPS) is 16.6. The van der Waals surface area contributed by atoms with Crippen molar-refractivity contribution in [3.63, 3.8) is 0 Å². The van der Waals surface area contributed by atoms with Crippen LogP contribution in [-0.4, -0.2) is 37.7 Å². The zero-order chi connectivity index (χ0) is 28.7. The second-order valence-electron chi connectivity index (χ2n) is 9.86. The lowest BCUT2D eigenvalue weighted by Crippen LogP contribution is -2.36. The predicted molar refractivity (Wildman–Crippen MR) is 157 cm³/mol. The number of nitriles is 1. The largest absolute Gasteiger partial charge is 0.481 e. The molecule has 1 saturated heterocycles. The number of nitrogens with two attached hydrogens (primary N) is 2. The molecule has 2 atom stereocenters. The molecule has 4 N–H and O–H groups in total. The Kier molecular flexibility index (Phi) is 6.43. The summed E-state index contributed by atoms with van der Waals surface area (Å²) in [4.78, 5) is 34.4. The van der Waals surface area contributed by atoms with Gasteiger partial charge in [-0.3, -0.25) is 9.36 Å². The molecule has 0 radical (unpaired) electrons. The standard InChI is InChI=1S/C30H27N9O2/c1-17-11-13-23(38(17)27-21(15-31)26(32)36-30(33)37-27)28-35-22-10-6-9-20(18-12-14-24(41-2)34-16-18)25(22)29(40)39(28)19-7-4-3-5-8-19/h3-10,12,14,16-17,23H,11,13H2,1-2H3,(H4,32,33,36,37)/t17-,23-/m0/s1. The van der Waals surface area contributed by atoms with Gasteiger partial charge in [0.05, 0.1) is 29.7 Å². The molecule has 6 rings (SSSR count). The first-order valence-corrected chi connectivity index (χ1v) is 13.1. The highest BCUT2D eigenvalue weighted by Crippen LogP contribution is 2.41. The number of nitrogens with zero attached hydrogens (tertiary/aromatic N) is 7. The van der Waals surface area contributed by atoms with Crippen LogP contribution in [0.2, 0.25) is 0 Å². The molecule has 2 aromatic carbocycles. The van der Waals surface area contributed by atoms with Crippen molar-refractivity contribution in [1.29, 1.82) is 5.26 Å². The van der Waals surface area contributed by atoms with E-state index in [1.54, 1.807) is 23.9 Å². The zero-order valence-corrected chi connectivity index (χ0v) is 22.5. The van der Waals surface area contributed by atoms with Crippen LogP contribution in [-0.2, 0) is 0 Å². The molecule has 0 unspecified atom stereocenters. The Bertz CT molecular complexity index is 1860. The summed E-state index contributed by atoms with van der Waals surface area (Å²) in [6.45, 7) is 2.04. The summed E-state index contributed by atoms with van der Waals surface area (Å²) < 4.78 is 6.86. The van der Waals surface area contributed by atoms with E-state index < -0.39 is 6.04 Å². The Labute approximate surface area is 235 Å². The Balaban J connectivity index is 1.62. The van der Waals surface area contributed by atoms with Gasteiger partial charge in [-0.05, 0) is 49.6 Å². The smallest absolute Gasteiger partial charge is 0.266 e. The van der Waals surface area contributed by atoms with Gasteiger partial charge in [-0.25, -0.2) is 9.97 Å². The third-order valence-electron chi connectivity index (χ3n) is 7.45. The molecule has 11 nitrogen and oxygen atoms in total. The minimum atomic E-state index is -0.394. The number of nitrogen functional groups attached to an aromatic ring is 2. The maximum absolute atomic E-state index is 14.5. The Morgan fingerprint density at radius 1 is 1.00 bits per heavy atom. The Hall–Kier alpha value is -5.50. The van der Waals surface area contributed by atoms with Crippen molar-refractivity contribution in [2.24, 2.45) is 0 Å². The number of pyridine rings is 1. The summed E-state index contributed by atoms with van der Waals surface area (Å²) in [7, 11) is 1.56. The van der Waals surface area contributed by atoms with E-state index in [0.717, 1.165) is 12.0 Å². The fourth-order valence-electron chi connectivity index (χ4n) is 5.57.